The molecular formula is C6H14O6. The van der Waals surface area contributed by atoms with Gasteiger partial charge in [-0.05, 0) is 6.92 Å². The predicted molar refractivity (Wildman–Crippen MR) is 39.8 cm³/mol. The molecule has 74 valence electrons. The minimum absolute atomic E-state index is 0.231. The van der Waals surface area contributed by atoms with E-state index in [0.717, 1.165) is 0 Å². The fourth-order valence-corrected chi connectivity index (χ4v) is 0.181. The highest BCUT2D eigenvalue weighted by atomic mass is 16.7. The van der Waals surface area contributed by atoms with Crippen molar-refractivity contribution in [2.45, 2.75) is 13.0 Å². The van der Waals surface area contributed by atoms with E-state index in [1.54, 1.807) is 6.92 Å². The van der Waals surface area contributed by atoms with E-state index in [1.807, 2.05) is 0 Å². The third kappa shape index (κ3) is 16.1. The summed E-state index contributed by atoms with van der Waals surface area (Å²) in [7, 11) is 0. The first-order valence-electron chi connectivity index (χ1n) is 3.33. The van der Waals surface area contributed by atoms with Gasteiger partial charge in [0.15, 0.2) is 0 Å². The Balaban J connectivity index is 0. The predicted octanol–water partition coefficient (Wildman–Crippen LogP) is -0.967. The van der Waals surface area contributed by atoms with Crippen LogP contribution in [0.1, 0.15) is 6.92 Å². The van der Waals surface area contributed by atoms with Crippen molar-refractivity contribution in [2.24, 2.45) is 0 Å². The number of hydrogen-bond donors (Lipinski definition) is 4. The number of ether oxygens (including phenoxy) is 1. The van der Waals surface area contributed by atoms with Crippen LogP contribution in [0.15, 0.2) is 0 Å². The molecule has 4 N–H and O–H groups in total. The zero-order valence-corrected chi connectivity index (χ0v) is 6.80. The molecule has 0 aliphatic heterocycles. The Hall–Kier alpha value is -0.850. The number of carbonyl (C=O) groups is 1. The first kappa shape index (κ1) is 13.7. The van der Waals surface area contributed by atoms with Gasteiger partial charge in [0.2, 0.25) is 0 Å². The lowest BCUT2D eigenvalue weighted by atomic mass is 10.4. The number of aliphatic hydroxyl groups excluding tert-OH is 3. The van der Waals surface area contributed by atoms with E-state index < -0.39 is 12.3 Å². The van der Waals surface area contributed by atoms with Gasteiger partial charge in [0, 0.05) is 0 Å². The lowest BCUT2D eigenvalue weighted by molar-refractivity contribution is 0.0450. The van der Waals surface area contributed by atoms with Gasteiger partial charge in [-0.2, -0.15) is 0 Å². The molecule has 0 radical (unpaired) electrons. The summed E-state index contributed by atoms with van der Waals surface area (Å²) in [5.74, 6) is 0. The van der Waals surface area contributed by atoms with Crippen LogP contribution in [0.5, 0.6) is 0 Å². The molecule has 0 aliphatic rings. The van der Waals surface area contributed by atoms with Gasteiger partial charge in [0.25, 0.3) is 0 Å². The topological polar surface area (TPSA) is 107 Å². The highest BCUT2D eigenvalue weighted by molar-refractivity contribution is 5.56. The Morgan fingerprint density at radius 3 is 1.83 bits per heavy atom. The van der Waals surface area contributed by atoms with E-state index >= 15 is 0 Å². The number of rotatable bonds is 3. The van der Waals surface area contributed by atoms with Gasteiger partial charge >= 0.3 is 6.16 Å². The van der Waals surface area contributed by atoms with Gasteiger partial charge in [-0.25, -0.2) is 4.79 Å². The fourth-order valence-electron chi connectivity index (χ4n) is 0.181. The van der Waals surface area contributed by atoms with Crippen LogP contribution in [-0.4, -0.2) is 52.5 Å². The smallest absolute Gasteiger partial charge is 0.450 e. The molecule has 0 aromatic heterocycles. The van der Waals surface area contributed by atoms with Crippen molar-refractivity contribution in [1.29, 1.82) is 0 Å². The highest BCUT2D eigenvalue weighted by Crippen LogP contribution is 1.71. The van der Waals surface area contributed by atoms with E-state index in [1.165, 1.54) is 0 Å². The molecule has 0 fully saturated rings. The first-order valence-corrected chi connectivity index (χ1v) is 3.33. The number of hydrogen-bond acceptors (Lipinski definition) is 5. The van der Waals surface area contributed by atoms with Crippen molar-refractivity contribution in [3.05, 3.63) is 0 Å². The van der Waals surface area contributed by atoms with E-state index in [0.29, 0.717) is 0 Å². The Morgan fingerprint density at radius 2 is 1.83 bits per heavy atom. The summed E-state index contributed by atoms with van der Waals surface area (Å²) < 4.78 is 3.96. The average molecular weight is 182 g/mol. The molecule has 0 bridgehead atoms. The third-order valence-corrected chi connectivity index (χ3v) is 0.689. The molecule has 0 aromatic carbocycles. The minimum Gasteiger partial charge on any atom is -0.450 e. The number of carboxylic acid groups (broad SMARTS) is 1. The quantitative estimate of drug-likeness (QED) is 0.418. The fraction of sp³-hybridized carbons (Fsp3) is 0.833. The largest absolute Gasteiger partial charge is 0.505 e. The molecule has 0 rings (SSSR count). The van der Waals surface area contributed by atoms with Gasteiger partial charge in [-0.15, -0.1) is 0 Å². The van der Waals surface area contributed by atoms with E-state index in [-0.39, 0.29) is 19.8 Å². The molecule has 0 heterocycles. The van der Waals surface area contributed by atoms with E-state index in [4.69, 9.17) is 20.4 Å². The highest BCUT2D eigenvalue weighted by Gasteiger charge is 1.93. The SMILES string of the molecule is CCOC(=O)O.OCC(O)CO. The van der Waals surface area contributed by atoms with Gasteiger partial charge in [0.1, 0.15) is 6.10 Å². The van der Waals surface area contributed by atoms with E-state index in [2.05, 4.69) is 4.74 Å². The molecule has 0 atom stereocenters. The van der Waals surface area contributed by atoms with Gasteiger partial charge in [-0.1, -0.05) is 0 Å². The third-order valence-electron chi connectivity index (χ3n) is 0.689. The normalized spacial score (nSPS) is 8.75. The molecule has 6 heteroatoms. The summed E-state index contributed by atoms with van der Waals surface area (Å²) in [5.41, 5.74) is 0. The lowest BCUT2D eigenvalue weighted by Crippen LogP contribution is -2.15. The van der Waals surface area contributed by atoms with Crippen LogP contribution in [0, 0.1) is 0 Å². The molecular weight excluding hydrogens is 168 g/mol. The van der Waals surface area contributed by atoms with Crippen molar-refractivity contribution < 1.29 is 30.0 Å². The molecule has 0 saturated carbocycles. The average Bonchev–Trinajstić information content (AvgIpc) is 2.04. The van der Waals surface area contributed by atoms with Crippen LogP contribution < -0.4 is 0 Å². The zero-order chi connectivity index (χ0) is 9.98. The summed E-state index contributed by atoms with van der Waals surface area (Å²) in [6, 6.07) is 0. The summed E-state index contributed by atoms with van der Waals surface area (Å²) >= 11 is 0. The Morgan fingerprint density at radius 1 is 1.42 bits per heavy atom. The maximum Gasteiger partial charge on any atom is 0.505 e. The van der Waals surface area contributed by atoms with Crippen molar-refractivity contribution in [2.75, 3.05) is 19.8 Å². The Labute approximate surface area is 70.0 Å². The summed E-state index contributed by atoms with van der Waals surface area (Å²) in [6.45, 7) is 1.12. The minimum atomic E-state index is -1.21. The zero-order valence-electron chi connectivity index (χ0n) is 6.80. The van der Waals surface area contributed by atoms with Crippen molar-refractivity contribution in [1.82, 2.24) is 0 Å². The van der Waals surface area contributed by atoms with Crippen LogP contribution in [-0.2, 0) is 4.74 Å². The van der Waals surface area contributed by atoms with Crippen molar-refractivity contribution in [3.63, 3.8) is 0 Å². The van der Waals surface area contributed by atoms with Crippen LogP contribution in [0.2, 0.25) is 0 Å². The molecule has 0 amide bonds. The van der Waals surface area contributed by atoms with Crippen molar-refractivity contribution >= 4 is 6.16 Å². The second-order valence-electron chi connectivity index (χ2n) is 1.72. The summed E-state index contributed by atoms with van der Waals surface area (Å²) in [4.78, 5) is 9.38. The maximum atomic E-state index is 9.38. The molecule has 0 aliphatic carbocycles. The van der Waals surface area contributed by atoms with E-state index in [9.17, 15) is 4.79 Å². The molecule has 6 nitrogen and oxygen atoms in total. The van der Waals surface area contributed by atoms with Crippen LogP contribution in [0.3, 0.4) is 0 Å². The molecule has 0 spiro atoms. The van der Waals surface area contributed by atoms with Crippen LogP contribution in [0.4, 0.5) is 4.79 Å². The summed E-state index contributed by atoms with van der Waals surface area (Å²) in [6.07, 6.45) is -2.16. The summed E-state index contributed by atoms with van der Waals surface area (Å²) in [5, 5.41) is 31.7. The Kier molecular flexibility index (Phi) is 11.6. The van der Waals surface area contributed by atoms with Gasteiger partial charge < -0.3 is 25.2 Å². The maximum absolute atomic E-state index is 9.38. The standard InChI is InChI=1S/C3H8O3.C3H6O3/c4-1-3(6)2-5;1-2-6-3(4)5/h3-6H,1-2H2;2H2,1H3,(H,4,5). The second-order valence-corrected chi connectivity index (χ2v) is 1.72. The van der Waals surface area contributed by atoms with Crippen molar-refractivity contribution in [3.8, 4) is 0 Å². The monoisotopic (exact) mass is 182 g/mol. The molecule has 0 saturated heterocycles. The van der Waals surface area contributed by atoms with Crippen LogP contribution in [0.25, 0.3) is 0 Å². The second kappa shape index (κ2) is 10.2. The first-order chi connectivity index (χ1) is 5.58. The number of aliphatic hydroxyl groups is 3. The molecule has 0 unspecified atom stereocenters. The lowest BCUT2D eigenvalue weighted by Gasteiger charge is -1.96. The molecule has 12 heavy (non-hydrogen) atoms. The Bertz CT molecular complexity index is 100. The van der Waals surface area contributed by atoms with Gasteiger partial charge in [-0.3, -0.25) is 0 Å². The van der Waals surface area contributed by atoms with Crippen LogP contribution >= 0.6 is 0 Å². The van der Waals surface area contributed by atoms with Gasteiger partial charge in [0.05, 0.1) is 19.8 Å². The molecule has 0 aromatic rings.